The molecule has 208 valence electrons. The quantitative estimate of drug-likeness (QED) is 0.482. The highest BCUT2D eigenvalue weighted by molar-refractivity contribution is 7.54. The fourth-order valence-electron chi connectivity index (χ4n) is 4.70. The summed E-state index contributed by atoms with van der Waals surface area (Å²) in [6.45, 7) is 3.12. The maximum atomic E-state index is 15.0. The van der Waals surface area contributed by atoms with Crippen LogP contribution in [0.1, 0.15) is 24.0 Å². The molecule has 13 heteroatoms. The summed E-state index contributed by atoms with van der Waals surface area (Å²) in [5.41, 5.74) is 1.32. The maximum Gasteiger partial charge on any atom is 0.397 e. The molecule has 1 unspecified atom stereocenters. The van der Waals surface area contributed by atoms with Crippen molar-refractivity contribution in [1.29, 1.82) is 0 Å². The van der Waals surface area contributed by atoms with Crippen LogP contribution in [0.4, 0.5) is 10.1 Å². The number of hydrogen-bond acceptors (Lipinski definition) is 7. The van der Waals surface area contributed by atoms with Crippen LogP contribution in [0.2, 0.25) is 5.02 Å². The lowest BCUT2D eigenvalue weighted by Gasteiger charge is -2.41. The van der Waals surface area contributed by atoms with Gasteiger partial charge < -0.3 is 19.1 Å². The number of carbonyl (C=O) groups is 1. The Morgan fingerprint density at radius 3 is 2.31 bits per heavy atom. The highest BCUT2D eigenvalue weighted by atomic mass is 35.5. The normalized spacial score (nSPS) is 20.9. The molecule has 0 saturated carbocycles. The van der Waals surface area contributed by atoms with E-state index in [-0.39, 0.29) is 30.0 Å². The average molecular weight is 579 g/mol. The third-order valence-electron chi connectivity index (χ3n) is 6.68. The highest BCUT2D eigenvalue weighted by Gasteiger charge is 2.44. The molecule has 10 nitrogen and oxygen atoms in total. The summed E-state index contributed by atoms with van der Waals surface area (Å²) in [4.78, 5) is 21.1. The Hall–Kier alpha value is -2.66. The Kier molecular flexibility index (Phi) is 8.76. The molecule has 3 aliphatic heterocycles. The van der Waals surface area contributed by atoms with Crippen LogP contribution >= 0.6 is 19.3 Å². The Morgan fingerprint density at radius 1 is 1.05 bits per heavy atom. The molecule has 2 aromatic carbocycles. The molecule has 0 radical (unpaired) electrons. The summed E-state index contributed by atoms with van der Waals surface area (Å²) in [6.07, 6.45) is -0.252. The number of hydrogen-bond donors (Lipinski definition) is 1. The number of nitrogens with zero attached hydrogens (tertiary/aromatic N) is 4. The number of ether oxygens (including phenoxy) is 2. The Balaban J connectivity index is 1.63. The standard InChI is InChI=1S/C26H29ClFN4O6P/c27-18-5-6-22-20(17-18)25(19-3-1-2-4-21(19)28)29-23(7-8-24(33)34)26(30-22)38-39(35,31-9-13-36-14-10-31)32-11-15-37-16-12-32/h1-6,17,23H,7-16H2,(H,33,34). The zero-order valence-corrected chi connectivity index (χ0v) is 22.8. The second kappa shape index (κ2) is 12.2. The van der Waals surface area contributed by atoms with E-state index in [0.29, 0.717) is 68.9 Å². The predicted molar refractivity (Wildman–Crippen MR) is 145 cm³/mol. The van der Waals surface area contributed by atoms with Crippen molar-refractivity contribution >= 4 is 42.5 Å². The van der Waals surface area contributed by atoms with Gasteiger partial charge in [-0.05, 0) is 36.8 Å². The number of rotatable bonds is 7. The minimum atomic E-state index is -3.71. The Morgan fingerprint density at radius 2 is 1.69 bits per heavy atom. The van der Waals surface area contributed by atoms with Crippen molar-refractivity contribution in [3.63, 3.8) is 0 Å². The molecule has 0 spiro atoms. The molecule has 1 atom stereocenters. The van der Waals surface area contributed by atoms with Gasteiger partial charge in [0.1, 0.15) is 11.9 Å². The number of morpholine rings is 2. The molecule has 1 N–H and O–H groups in total. The zero-order chi connectivity index (χ0) is 27.4. The van der Waals surface area contributed by atoms with Gasteiger partial charge in [0.15, 0.2) is 0 Å². The first-order chi connectivity index (χ1) is 18.8. The van der Waals surface area contributed by atoms with Crippen molar-refractivity contribution in [2.45, 2.75) is 18.9 Å². The number of benzene rings is 2. The molecule has 0 amide bonds. The number of aliphatic carboxylic acids is 1. The fraction of sp³-hybridized carbons (Fsp3) is 0.423. The summed E-state index contributed by atoms with van der Waals surface area (Å²) in [5, 5.41) is 9.87. The summed E-state index contributed by atoms with van der Waals surface area (Å²) in [5.74, 6) is -1.53. The van der Waals surface area contributed by atoms with Crippen LogP contribution < -0.4 is 0 Å². The number of fused-ring (bicyclic) bond motifs is 1. The van der Waals surface area contributed by atoms with Gasteiger partial charge in [0.2, 0.25) is 5.90 Å². The van der Waals surface area contributed by atoms with Crippen molar-refractivity contribution in [1.82, 2.24) is 9.34 Å². The lowest BCUT2D eigenvalue weighted by Crippen LogP contribution is -2.44. The maximum absolute atomic E-state index is 15.0. The van der Waals surface area contributed by atoms with Gasteiger partial charge in [-0.1, -0.05) is 23.7 Å². The van der Waals surface area contributed by atoms with E-state index in [1.165, 1.54) is 6.07 Å². The number of carboxylic acid groups (broad SMARTS) is 1. The second-order valence-electron chi connectivity index (χ2n) is 9.23. The molecule has 0 aromatic heterocycles. The van der Waals surface area contributed by atoms with E-state index in [0.717, 1.165) is 0 Å². The summed E-state index contributed by atoms with van der Waals surface area (Å²) < 4.78 is 50.7. The van der Waals surface area contributed by atoms with E-state index in [9.17, 15) is 14.5 Å². The van der Waals surface area contributed by atoms with Gasteiger partial charge in [-0.2, -0.15) is 0 Å². The molecule has 5 rings (SSSR count). The van der Waals surface area contributed by atoms with Crippen molar-refractivity contribution < 1.29 is 32.9 Å². The first-order valence-electron chi connectivity index (χ1n) is 12.7. The van der Waals surface area contributed by atoms with E-state index in [2.05, 4.69) is 0 Å². The molecule has 3 aliphatic rings. The average Bonchev–Trinajstić information content (AvgIpc) is 3.09. The smallest absolute Gasteiger partial charge is 0.397 e. The molecular formula is C26H29ClFN4O6P. The van der Waals surface area contributed by atoms with Crippen molar-refractivity contribution in [2.24, 2.45) is 9.98 Å². The number of halogens is 2. The minimum Gasteiger partial charge on any atom is -0.481 e. The van der Waals surface area contributed by atoms with E-state index in [1.807, 2.05) is 0 Å². The molecule has 0 aliphatic carbocycles. The van der Waals surface area contributed by atoms with Crippen molar-refractivity contribution in [2.75, 3.05) is 52.6 Å². The van der Waals surface area contributed by atoms with Crippen LogP contribution in [-0.4, -0.2) is 90.7 Å². The molecule has 2 fully saturated rings. The van der Waals surface area contributed by atoms with Crippen LogP contribution in [0.3, 0.4) is 0 Å². The van der Waals surface area contributed by atoms with Crippen molar-refractivity contribution in [3.05, 3.63) is 64.4 Å². The first-order valence-corrected chi connectivity index (χ1v) is 14.6. The van der Waals surface area contributed by atoms with Gasteiger partial charge in [0.25, 0.3) is 0 Å². The number of aliphatic imine (C=N–C) groups is 2. The summed E-state index contributed by atoms with van der Waals surface area (Å²) in [7, 11) is -3.71. The van der Waals surface area contributed by atoms with E-state index < -0.39 is 25.5 Å². The third-order valence-corrected chi connectivity index (χ3v) is 9.57. The number of carboxylic acids is 1. The van der Waals surface area contributed by atoms with Gasteiger partial charge in [0, 0.05) is 48.7 Å². The molecule has 3 heterocycles. The second-order valence-corrected chi connectivity index (χ2v) is 12.0. The molecular weight excluding hydrogens is 550 g/mol. The van der Waals surface area contributed by atoms with Gasteiger partial charge in [0.05, 0.1) is 37.8 Å². The minimum absolute atomic E-state index is 0.0000617. The molecule has 2 saturated heterocycles. The van der Waals surface area contributed by atoms with Crippen LogP contribution in [0.5, 0.6) is 0 Å². The third kappa shape index (κ3) is 6.24. The van der Waals surface area contributed by atoms with Crippen LogP contribution in [0, 0.1) is 5.82 Å². The van der Waals surface area contributed by atoms with Crippen LogP contribution in [0.15, 0.2) is 52.4 Å². The zero-order valence-electron chi connectivity index (χ0n) is 21.2. The topological polar surface area (TPSA) is 113 Å². The van der Waals surface area contributed by atoms with Gasteiger partial charge in [-0.15, -0.1) is 0 Å². The Bertz CT molecular complexity index is 1310. The van der Waals surface area contributed by atoms with Gasteiger partial charge in [-0.25, -0.2) is 23.3 Å². The first kappa shape index (κ1) is 27.9. The van der Waals surface area contributed by atoms with Gasteiger partial charge >= 0.3 is 13.6 Å². The molecule has 39 heavy (non-hydrogen) atoms. The summed E-state index contributed by atoms with van der Waals surface area (Å²) >= 11 is 6.32. The monoisotopic (exact) mass is 578 g/mol. The largest absolute Gasteiger partial charge is 0.481 e. The predicted octanol–water partition coefficient (Wildman–Crippen LogP) is 4.38. The van der Waals surface area contributed by atoms with E-state index in [1.54, 1.807) is 45.7 Å². The van der Waals surface area contributed by atoms with Gasteiger partial charge in [-0.3, -0.25) is 9.79 Å². The highest BCUT2D eigenvalue weighted by Crippen LogP contribution is 2.55. The summed E-state index contributed by atoms with van der Waals surface area (Å²) in [6, 6.07) is 10.2. The fourth-order valence-corrected chi connectivity index (χ4v) is 7.20. The van der Waals surface area contributed by atoms with Crippen LogP contribution in [0.25, 0.3) is 0 Å². The van der Waals surface area contributed by atoms with Crippen LogP contribution in [-0.2, 0) is 23.4 Å². The van der Waals surface area contributed by atoms with E-state index in [4.69, 9.17) is 35.6 Å². The van der Waals surface area contributed by atoms with E-state index >= 15 is 4.39 Å². The Labute approximate surface area is 230 Å². The molecule has 2 aromatic rings. The molecule has 0 bridgehead atoms. The lowest BCUT2D eigenvalue weighted by molar-refractivity contribution is -0.137. The van der Waals surface area contributed by atoms with Crippen molar-refractivity contribution in [3.8, 4) is 0 Å². The lowest BCUT2D eigenvalue weighted by atomic mass is 10.00. The SMILES string of the molecule is O=C(O)CCC1N=C(c2ccccc2F)c2cc(Cl)ccc2N=C1OP(=O)(N1CCOCC1)N1CCOCC1.